The first-order valence-corrected chi connectivity index (χ1v) is 8.21. The quantitative estimate of drug-likeness (QED) is 0.743. The number of sulfonamides is 1. The van der Waals surface area contributed by atoms with E-state index < -0.39 is 10.0 Å². The number of nitrogens with one attached hydrogen (secondary N) is 1. The summed E-state index contributed by atoms with van der Waals surface area (Å²) in [6, 6.07) is 7.57. The van der Waals surface area contributed by atoms with Gasteiger partial charge in [0.15, 0.2) is 0 Å². The maximum Gasteiger partial charge on any atom is 0.235 e. The molecule has 0 fully saturated rings. The van der Waals surface area contributed by atoms with E-state index in [-0.39, 0.29) is 19.0 Å². The predicted octanol–water partition coefficient (Wildman–Crippen LogP) is 0.0430. The summed E-state index contributed by atoms with van der Waals surface area (Å²) in [4.78, 5) is 11.7. The van der Waals surface area contributed by atoms with Crippen molar-refractivity contribution in [3.8, 4) is 0 Å². The number of hydrogen-bond acceptors (Lipinski definition) is 4. The van der Waals surface area contributed by atoms with Crippen LogP contribution in [0.1, 0.15) is 18.1 Å². The highest BCUT2D eigenvalue weighted by molar-refractivity contribution is 7.88. The number of amides is 1. The number of nitrogens with two attached hydrogens (primary N) is 1. The summed E-state index contributed by atoms with van der Waals surface area (Å²) in [5.74, 6) is -0.319. The minimum absolute atomic E-state index is 0.157. The first-order valence-electron chi connectivity index (χ1n) is 6.36. The van der Waals surface area contributed by atoms with Crippen molar-refractivity contribution >= 4 is 15.9 Å². The van der Waals surface area contributed by atoms with Crippen molar-refractivity contribution in [1.82, 2.24) is 9.62 Å². The minimum atomic E-state index is -3.34. The fourth-order valence-electron chi connectivity index (χ4n) is 1.67. The Morgan fingerprint density at radius 2 is 1.80 bits per heavy atom. The lowest BCUT2D eigenvalue weighted by Crippen LogP contribution is -2.39. The van der Waals surface area contributed by atoms with Gasteiger partial charge in [0.25, 0.3) is 0 Å². The van der Waals surface area contributed by atoms with Crippen molar-refractivity contribution in [3.05, 3.63) is 35.4 Å². The van der Waals surface area contributed by atoms with Crippen LogP contribution >= 0.6 is 0 Å². The van der Waals surface area contributed by atoms with Crippen LogP contribution in [-0.2, 0) is 27.9 Å². The molecule has 6 nitrogen and oxygen atoms in total. The topological polar surface area (TPSA) is 92.5 Å². The first-order chi connectivity index (χ1) is 9.36. The molecule has 0 aromatic heterocycles. The summed E-state index contributed by atoms with van der Waals surface area (Å²) in [5, 5.41) is 2.70. The number of carbonyl (C=O) groups excluding carboxylic acids is 1. The van der Waals surface area contributed by atoms with Gasteiger partial charge in [-0.3, -0.25) is 4.79 Å². The number of carbonyl (C=O) groups is 1. The molecule has 0 saturated carbocycles. The highest BCUT2D eigenvalue weighted by Crippen LogP contribution is 2.03. The Labute approximate surface area is 120 Å². The van der Waals surface area contributed by atoms with Gasteiger partial charge in [0.2, 0.25) is 15.9 Å². The number of likely N-dealkylation sites (N-methyl/N-ethyl adjacent to an activating group) is 1. The molecule has 0 bridgehead atoms. The molecule has 3 N–H and O–H groups in total. The van der Waals surface area contributed by atoms with Crippen molar-refractivity contribution in [3.63, 3.8) is 0 Å². The zero-order valence-electron chi connectivity index (χ0n) is 11.8. The molecular weight excluding hydrogens is 278 g/mol. The van der Waals surface area contributed by atoms with Gasteiger partial charge in [-0.15, -0.1) is 0 Å². The molecule has 1 amide bonds. The Hall–Kier alpha value is -1.44. The van der Waals surface area contributed by atoms with Gasteiger partial charge < -0.3 is 11.1 Å². The molecule has 1 rings (SSSR count). The van der Waals surface area contributed by atoms with Crippen molar-refractivity contribution in [2.24, 2.45) is 5.73 Å². The summed E-state index contributed by atoms with van der Waals surface area (Å²) in [6.45, 7) is 2.66. The van der Waals surface area contributed by atoms with E-state index in [9.17, 15) is 13.2 Å². The van der Waals surface area contributed by atoms with Gasteiger partial charge in [-0.2, -0.15) is 4.31 Å². The fraction of sp³-hybridized carbons (Fsp3) is 0.462. The highest BCUT2D eigenvalue weighted by Gasteiger charge is 2.17. The number of nitrogens with zero attached hydrogens (tertiary/aromatic N) is 1. The normalized spacial score (nSPS) is 11.6. The first kappa shape index (κ1) is 16.6. The van der Waals surface area contributed by atoms with Crippen molar-refractivity contribution in [1.29, 1.82) is 0 Å². The monoisotopic (exact) mass is 299 g/mol. The zero-order chi connectivity index (χ0) is 15.2. The van der Waals surface area contributed by atoms with E-state index in [1.54, 1.807) is 6.92 Å². The largest absolute Gasteiger partial charge is 0.351 e. The average molecular weight is 299 g/mol. The van der Waals surface area contributed by atoms with Crippen LogP contribution in [0.25, 0.3) is 0 Å². The van der Waals surface area contributed by atoms with Gasteiger partial charge in [-0.25, -0.2) is 8.42 Å². The van der Waals surface area contributed by atoms with Crippen LogP contribution in [0.15, 0.2) is 24.3 Å². The molecule has 20 heavy (non-hydrogen) atoms. The maximum atomic E-state index is 11.7. The summed E-state index contributed by atoms with van der Waals surface area (Å²) in [5.41, 5.74) is 7.47. The summed E-state index contributed by atoms with van der Waals surface area (Å²) < 4.78 is 23.9. The Kier molecular flexibility index (Phi) is 6.12. The second-order valence-electron chi connectivity index (χ2n) is 4.49. The number of hydrogen-bond donors (Lipinski definition) is 2. The van der Waals surface area contributed by atoms with E-state index in [0.29, 0.717) is 13.1 Å². The molecule has 0 aliphatic rings. The summed E-state index contributed by atoms with van der Waals surface area (Å²) in [6.07, 6.45) is 1.09. The molecule has 0 radical (unpaired) electrons. The molecule has 0 heterocycles. The Balaban J connectivity index is 2.50. The smallest absolute Gasteiger partial charge is 0.235 e. The third-order valence-electron chi connectivity index (χ3n) is 2.89. The predicted molar refractivity (Wildman–Crippen MR) is 78.3 cm³/mol. The van der Waals surface area contributed by atoms with Crippen molar-refractivity contribution in [2.75, 3.05) is 19.3 Å². The molecule has 7 heteroatoms. The van der Waals surface area contributed by atoms with E-state index >= 15 is 0 Å². The van der Waals surface area contributed by atoms with Gasteiger partial charge >= 0.3 is 0 Å². The molecule has 0 unspecified atom stereocenters. The van der Waals surface area contributed by atoms with Crippen LogP contribution in [0, 0.1) is 0 Å². The van der Waals surface area contributed by atoms with E-state index in [1.165, 1.54) is 0 Å². The molecule has 1 aromatic carbocycles. The average Bonchev–Trinajstić information content (AvgIpc) is 2.41. The third kappa shape index (κ3) is 5.28. The van der Waals surface area contributed by atoms with Crippen molar-refractivity contribution in [2.45, 2.75) is 20.0 Å². The van der Waals surface area contributed by atoms with Crippen LogP contribution in [0.2, 0.25) is 0 Å². The van der Waals surface area contributed by atoms with Gasteiger partial charge in [0.1, 0.15) is 0 Å². The van der Waals surface area contributed by atoms with Gasteiger partial charge in [0, 0.05) is 19.6 Å². The number of rotatable bonds is 7. The van der Waals surface area contributed by atoms with Gasteiger partial charge in [-0.05, 0) is 11.1 Å². The molecule has 0 atom stereocenters. The fourth-order valence-corrected chi connectivity index (χ4v) is 2.49. The molecule has 112 valence electrons. The van der Waals surface area contributed by atoms with Crippen LogP contribution in [-0.4, -0.2) is 38.0 Å². The molecular formula is C13H21N3O3S. The summed E-state index contributed by atoms with van der Waals surface area (Å²) in [7, 11) is -3.34. The second-order valence-corrected chi connectivity index (χ2v) is 6.47. The Bertz CT molecular complexity index is 540. The van der Waals surface area contributed by atoms with Crippen molar-refractivity contribution < 1.29 is 13.2 Å². The second kappa shape index (κ2) is 7.37. The lowest BCUT2D eigenvalue weighted by Gasteiger charge is -2.17. The van der Waals surface area contributed by atoms with E-state index in [0.717, 1.165) is 21.7 Å². The van der Waals surface area contributed by atoms with E-state index in [2.05, 4.69) is 5.32 Å². The van der Waals surface area contributed by atoms with Crippen LogP contribution in [0.3, 0.4) is 0 Å². The highest BCUT2D eigenvalue weighted by atomic mass is 32.2. The number of benzene rings is 1. The van der Waals surface area contributed by atoms with Gasteiger partial charge in [0.05, 0.1) is 12.8 Å². The molecule has 0 aliphatic heterocycles. The maximum absolute atomic E-state index is 11.7. The third-order valence-corrected chi connectivity index (χ3v) is 4.22. The SMILES string of the molecule is CCN(CC(=O)NCc1ccc(CN)cc1)S(C)(=O)=O. The lowest BCUT2D eigenvalue weighted by atomic mass is 10.1. The van der Waals surface area contributed by atoms with Crippen LogP contribution < -0.4 is 11.1 Å². The van der Waals surface area contributed by atoms with E-state index in [1.807, 2.05) is 24.3 Å². The standard InChI is InChI=1S/C13H21N3O3S/c1-3-16(20(2,18)19)10-13(17)15-9-12-6-4-11(8-14)5-7-12/h4-7H,3,8-10,14H2,1-2H3,(H,15,17). The molecule has 1 aromatic rings. The molecule has 0 saturated heterocycles. The zero-order valence-corrected chi connectivity index (χ0v) is 12.6. The molecule has 0 spiro atoms. The lowest BCUT2D eigenvalue weighted by molar-refractivity contribution is -0.121. The summed E-state index contributed by atoms with van der Waals surface area (Å²) >= 11 is 0. The van der Waals surface area contributed by atoms with Gasteiger partial charge in [-0.1, -0.05) is 31.2 Å². The van der Waals surface area contributed by atoms with Crippen LogP contribution in [0.5, 0.6) is 0 Å². The Morgan fingerprint density at radius 1 is 1.25 bits per heavy atom. The van der Waals surface area contributed by atoms with Crippen LogP contribution in [0.4, 0.5) is 0 Å². The minimum Gasteiger partial charge on any atom is -0.351 e. The Morgan fingerprint density at radius 3 is 2.25 bits per heavy atom. The van der Waals surface area contributed by atoms with E-state index in [4.69, 9.17) is 5.73 Å². The molecule has 0 aliphatic carbocycles.